The lowest BCUT2D eigenvalue weighted by Gasteiger charge is -2.35. The Kier molecular flexibility index (Phi) is 6.29. The second-order valence-electron chi connectivity index (χ2n) is 8.43. The van der Waals surface area contributed by atoms with E-state index in [2.05, 4.69) is 100 Å². The summed E-state index contributed by atoms with van der Waals surface area (Å²) in [7, 11) is -2.05. The van der Waals surface area contributed by atoms with Crippen LogP contribution in [0, 0.1) is 6.92 Å². The summed E-state index contributed by atoms with van der Waals surface area (Å²) in [6, 6.07) is 24.5. The van der Waals surface area contributed by atoms with Crippen molar-refractivity contribution in [1.29, 1.82) is 0 Å². The molecule has 0 N–H and O–H groups in total. The van der Waals surface area contributed by atoms with Crippen LogP contribution in [0.25, 0.3) is 17.2 Å². The number of fused-ring (bicyclic) bond motifs is 1. The van der Waals surface area contributed by atoms with E-state index in [9.17, 15) is 0 Å². The highest BCUT2D eigenvalue weighted by atomic mass is 28.3. The van der Waals surface area contributed by atoms with Crippen molar-refractivity contribution < 1.29 is 4.74 Å². The van der Waals surface area contributed by atoms with Gasteiger partial charge in [0.25, 0.3) is 0 Å². The number of hydrogen-bond acceptors (Lipinski definition) is 1. The predicted molar refractivity (Wildman–Crippen MR) is 137 cm³/mol. The first-order valence-electron chi connectivity index (χ1n) is 11.4. The smallest absolute Gasteiger partial charge is 0.127 e. The van der Waals surface area contributed by atoms with E-state index in [4.69, 9.17) is 4.74 Å². The van der Waals surface area contributed by atoms with Crippen molar-refractivity contribution in [2.24, 2.45) is 0 Å². The van der Waals surface area contributed by atoms with Crippen LogP contribution in [-0.2, 0) is 6.42 Å². The zero-order chi connectivity index (χ0) is 21.8. The Balaban J connectivity index is 2.02. The van der Waals surface area contributed by atoms with Crippen LogP contribution in [0.2, 0.25) is 12.1 Å². The van der Waals surface area contributed by atoms with Crippen molar-refractivity contribution in [3.63, 3.8) is 0 Å². The van der Waals surface area contributed by atoms with Crippen LogP contribution in [-0.4, -0.2) is 14.7 Å². The summed E-state index contributed by atoms with van der Waals surface area (Å²) in [4.78, 5) is 0. The first-order chi connectivity index (χ1) is 15.1. The van der Waals surface area contributed by atoms with Crippen molar-refractivity contribution in [3.05, 3.63) is 96.1 Å². The summed E-state index contributed by atoms with van der Waals surface area (Å²) in [6.45, 7) is 11.4. The molecule has 0 aromatic heterocycles. The van der Waals surface area contributed by atoms with Crippen molar-refractivity contribution in [1.82, 2.24) is 0 Å². The lowest BCUT2D eigenvalue weighted by atomic mass is 10.0. The molecule has 0 aliphatic heterocycles. The molecule has 0 saturated carbocycles. The van der Waals surface area contributed by atoms with Gasteiger partial charge in [0.1, 0.15) is 20.4 Å². The molecule has 158 valence electrons. The summed E-state index contributed by atoms with van der Waals surface area (Å²) in [5.41, 5.74) is 6.61. The fourth-order valence-electron chi connectivity index (χ4n) is 5.12. The molecule has 0 fully saturated rings. The predicted octanol–water partition coefficient (Wildman–Crippen LogP) is 6.40. The second kappa shape index (κ2) is 9.11. The molecule has 1 aliphatic carbocycles. The van der Waals surface area contributed by atoms with E-state index >= 15 is 0 Å². The van der Waals surface area contributed by atoms with E-state index < -0.39 is 8.07 Å². The standard InChI is InChI=1S/C29H32OSi/c1-5-19-30-29-26(24-13-9-8-10-14-24)20-22(4)21-28(29)31(6-2,7-3)27-18-12-16-23-15-11-17-25(23)27/h5,8-14,16-18,20-21H,1,6-7,15,19H2,2-4H3. The number of ether oxygens (including phenoxy) is 1. The van der Waals surface area contributed by atoms with Crippen LogP contribution < -0.4 is 15.1 Å². The molecule has 0 radical (unpaired) electrons. The minimum absolute atomic E-state index is 0.514. The highest BCUT2D eigenvalue weighted by Gasteiger charge is 2.39. The quantitative estimate of drug-likeness (QED) is 0.300. The Morgan fingerprint density at radius 3 is 2.45 bits per heavy atom. The van der Waals surface area contributed by atoms with Gasteiger partial charge in [0.05, 0.1) is 0 Å². The molecule has 0 amide bonds. The summed E-state index contributed by atoms with van der Waals surface area (Å²) in [5, 5.41) is 2.98. The molecular formula is C29H32OSi. The molecule has 31 heavy (non-hydrogen) atoms. The zero-order valence-corrected chi connectivity index (χ0v) is 19.9. The average Bonchev–Trinajstić information content (AvgIpc) is 3.29. The largest absolute Gasteiger partial charge is 0.489 e. The van der Waals surface area contributed by atoms with Crippen molar-refractivity contribution in [2.45, 2.75) is 39.3 Å². The fourth-order valence-corrected chi connectivity index (χ4v) is 9.76. The summed E-state index contributed by atoms with van der Waals surface area (Å²) >= 11 is 0. The molecule has 0 saturated heterocycles. The summed E-state index contributed by atoms with van der Waals surface area (Å²) in [6.07, 6.45) is 7.54. The van der Waals surface area contributed by atoms with Gasteiger partial charge < -0.3 is 4.74 Å². The Morgan fingerprint density at radius 2 is 1.74 bits per heavy atom. The molecule has 0 heterocycles. The maximum atomic E-state index is 6.48. The SMILES string of the molecule is C=CCOc1c(-c2ccccc2)cc(C)cc1[Si](CC)(CC)c1cccc2c1C=CC2. The van der Waals surface area contributed by atoms with E-state index in [1.54, 1.807) is 5.19 Å². The second-order valence-corrected chi connectivity index (χ2v) is 13.1. The van der Waals surface area contributed by atoms with Crippen LogP contribution in [0.5, 0.6) is 5.75 Å². The highest BCUT2D eigenvalue weighted by molar-refractivity contribution is 7.03. The van der Waals surface area contributed by atoms with Gasteiger partial charge in [0, 0.05) is 5.56 Å². The molecule has 2 heteroatoms. The lowest BCUT2D eigenvalue weighted by Crippen LogP contribution is -2.58. The molecule has 1 nitrogen and oxygen atoms in total. The van der Waals surface area contributed by atoms with E-state index in [1.165, 1.54) is 33.0 Å². The van der Waals surface area contributed by atoms with Crippen molar-refractivity contribution >= 4 is 24.5 Å². The maximum Gasteiger partial charge on any atom is 0.127 e. The minimum atomic E-state index is -2.05. The van der Waals surface area contributed by atoms with Gasteiger partial charge in [-0.05, 0) is 46.5 Å². The van der Waals surface area contributed by atoms with Gasteiger partial charge in [-0.3, -0.25) is 0 Å². The van der Waals surface area contributed by atoms with Gasteiger partial charge >= 0.3 is 0 Å². The maximum absolute atomic E-state index is 6.48. The highest BCUT2D eigenvalue weighted by Crippen LogP contribution is 2.34. The van der Waals surface area contributed by atoms with Gasteiger partial charge in [0.2, 0.25) is 0 Å². The third-order valence-corrected chi connectivity index (χ3v) is 12.0. The number of benzene rings is 3. The third kappa shape index (κ3) is 3.81. The van der Waals surface area contributed by atoms with E-state index in [1.807, 2.05) is 6.08 Å². The normalized spacial score (nSPS) is 12.6. The average molecular weight is 425 g/mol. The van der Waals surface area contributed by atoms with Crippen LogP contribution in [0.3, 0.4) is 0 Å². The van der Waals surface area contributed by atoms with E-state index in [0.29, 0.717) is 6.61 Å². The number of allylic oxidation sites excluding steroid dienone is 1. The Bertz CT molecular complexity index is 1110. The van der Waals surface area contributed by atoms with Gasteiger partial charge in [-0.2, -0.15) is 0 Å². The monoisotopic (exact) mass is 424 g/mol. The van der Waals surface area contributed by atoms with Crippen molar-refractivity contribution in [3.8, 4) is 16.9 Å². The Morgan fingerprint density at radius 1 is 0.968 bits per heavy atom. The molecule has 3 aromatic rings. The molecule has 0 atom stereocenters. The van der Waals surface area contributed by atoms with Gasteiger partial charge in [-0.15, -0.1) is 0 Å². The number of hydrogen-bond donors (Lipinski definition) is 0. The van der Waals surface area contributed by atoms with Gasteiger partial charge in [-0.1, -0.05) is 111 Å². The van der Waals surface area contributed by atoms with Gasteiger partial charge in [-0.25, -0.2) is 0 Å². The number of aryl methyl sites for hydroxylation is 1. The summed E-state index contributed by atoms with van der Waals surface area (Å²) in [5.74, 6) is 1.05. The van der Waals surface area contributed by atoms with Crippen LogP contribution in [0.4, 0.5) is 0 Å². The van der Waals surface area contributed by atoms with Gasteiger partial charge in [0.15, 0.2) is 0 Å². The molecule has 0 bridgehead atoms. The topological polar surface area (TPSA) is 9.23 Å². The van der Waals surface area contributed by atoms with E-state index in [-0.39, 0.29) is 0 Å². The molecule has 1 aliphatic rings. The molecule has 3 aromatic carbocycles. The first kappa shape index (κ1) is 21.4. The fraction of sp³-hybridized carbons (Fsp3) is 0.241. The summed E-state index contributed by atoms with van der Waals surface area (Å²) < 4.78 is 6.48. The molecule has 0 spiro atoms. The Labute approximate surface area is 188 Å². The molecule has 0 unspecified atom stereocenters. The molecule has 4 rings (SSSR count). The zero-order valence-electron chi connectivity index (χ0n) is 18.9. The number of rotatable bonds is 8. The minimum Gasteiger partial charge on any atom is -0.489 e. The van der Waals surface area contributed by atoms with Crippen LogP contribution >= 0.6 is 0 Å². The van der Waals surface area contributed by atoms with Crippen molar-refractivity contribution in [2.75, 3.05) is 6.61 Å². The third-order valence-electron chi connectivity index (χ3n) is 6.72. The Hall–Kier alpha value is -2.84. The first-order valence-corrected chi connectivity index (χ1v) is 13.8. The van der Waals surface area contributed by atoms with Crippen LogP contribution in [0.15, 0.2) is 79.4 Å². The van der Waals surface area contributed by atoms with Crippen LogP contribution in [0.1, 0.15) is 30.5 Å². The lowest BCUT2D eigenvalue weighted by molar-refractivity contribution is 0.367. The van der Waals surface area contributed by atoms with E-state index in [0.717, 1.165) is 24.3 Å². The molecular weight excluding hydrogens is 392 g/mol.